The van der Waals surface area contributed by atoms with Gasteiger partial charge in [0, 0.05) is 20.1 Å². The molecule has 0 saturated heterocycles. The molecule has 0 aliphatic heterocycles. The van der Waals surface area contributed by atoms with Gasteiger partial charge in [-0.05, 0) is 19.9 Å². The van der Waals surface area contributed by atoms with Crippen molar-refractivity contribution in [3.05, 3.63) is 23.6 Å². The van der Waals surface area contributed by atoms with Crippen molar-refractivity contribution < 1.29 is 19.1 Å². The first-order chi connectivity index (χ1) is 9.40. The highest BCUT2D eigenvalue weighted by atomic mass is 19.1. The molecule has 0 unspecified atom stereocenters. The van der Waals surface area contributed by atoms with Crippen LogP contribution < -0.4 is 4.90 Å². The maximum Gasteiger partial charge on any atom is 0.339 e. The SMILES string of the molecule is CCN(CC)C(=O)CN(C)c1ncc(F)cc1C(=O)O. The Balaban J connectivity index is 2.95. The molecule has 0 saturated carbocycles. The fourth-order valence-electron chi connectivity index (χ4n) is 1.85. The molecule has 0 aromatic carbocycles. The van der Waals surface area contributed by atoms with Crippen LogP contribution >= 0.6 is 0 Å². The van der Waals surface area contributed by atoms with Crippen LogP contribution in [0.5, 0.6) is 0 Å². The summed E-state index contributed by atoms with van der Waals surface area (Å²) in [5, 5.41) is 9.05. The summed E-state index contributed by atoms with van der Waals surface area (Å²) in [6.45, 7) is 4.86. The molecule has 1 aromatic heterocycles. The number of anilines is 1. The van der Waals surface area contributed by atoms with E-state index in [0.717, 1.165) is 12.3 Å². The lowest BCUT2D eigenvalue weighted by molar-refractivity contribution is -0.129. The number of carbonyl (C=O) groups excluding carboxylic acids is 1. The largest absolute Gasteiger partial charge is 0.478 e. The second-order valence-electron chi connectivity index (χ2n) is 4.25. The molecule has 1 N–H and O–H groups in total. The number of aromatic nitrogens is 1. The quantitative estimate of drug-likeness (QED) is 0.850. The zero-order valence-electron chi connectivity index (χ0n) is 11.8. The van der Waals surface area contributed by atoms with Gasteiger partial charge in [0.25, 0.3) is 0 Å². The van der Waals surface area contributed by atoms with E-state index in [9.17, 15) is 14.0 Å². The van der Waals surface area contributed by atoms with Crippen LogP contribution in [0.25, 0.3) is 0 Å². The third kappa shape index (κ3) is 3.66. The Bertz CT molecular complexity index is 504. The fraction of sp³-hybridized carbons (Fsp3) is 0.462. The molecule has 20 heavy (non-hydrogen) atoms. The van der Waals surface area contributed by atoms with Crippen LogP contribution in [0.4, 0.5) is 10.2 Å². The number of hydrogen-bond acceptors (Lipinski definition) is 4. The predicted octanol–water partition coefficient (Wildman–Crippen LogP) is 1.22. The van der Waals surface area contributed by atoms with Crippen LogP contribution in [-0.4, -0.2) is 53.5 Å². The van der Waals surface area contributed by atoms with E-state index in [1.807, 2.05) is 13.8 Å². The van der Waals surface area contributed by atoms with Crippen LogP contribution in [0, 0.1) is 5.82 Å². The Morgan fingerprint density at radius 3 is 2.45 bits per heavy atom. The lowest BCUT2D eigenvalue weighted by Crippen LogP contribution is -2.39. The van der Waals surface area contributed by atoms with Gasteiger partial charge in [-0.2, -0.15) is 0 Å². The van der Waals surface area contributed by atoms with Gasteiger partial charge in [-0.3, -0.25) is 4.79 Å². The number of nitrogens with zero attached hydrogens (tertiary/aromatic N) is 3. The van der Waals surface area contributed by atoms with Gasteiger partial charge >= 0.3 is 5.97 Å². The minimum absolute atomic E-state index is 0.0133. The Labute approximate surface area is 116 Å². The minimum atomic E-state index is -1.28. The highest BCUT2D eigenvalue weighted by Crippen LogP contribution is 2.17. The first kappa shape index (κ1) is 15.9. The van der Waals surface area contributed by atoms with Crippen molar-refractivity contribution in [1.29, 1.82) is 0 Å². The molecule has 0 fully saturated rings. The van der Waals surface area contributed by atoms with Gasteiger partial charge in [-0.15, -0.1) is 0 Å². The molecular weight excluding hydrogens is 265 g/mol. The molecule has 0 bridgehead atoms. The van der Waals surface area contributed by atoms with Crippen LogP contribution in [-0.2, 0) is 4.79 Å². The Hall–Kier alpha value is -2.18. The van der Waals surface area contributed by atoms with Gasteiger partial charge in [0.1, 0.15) is 17.2 Å². The molecule has 110 valence electrons. The smallest absolute Gasteiger partial charge is 0.339 e. The first-order valence-electron chi connectivity index (χ1n) is 6.28. The second kappa shape index (κ2) is 6.83. The number of amides is 1. The lowest BCUT2D eigenvalue weighted by Gasteiger charge is -2.24. The maximum absolute atomic E-state index is 13.1. The summed E-state index contributed by atoms with van der Waals surface area (Å²) in [6, 6.07) is 0.892. The van der Waals surface area contributed by atoms with Gasteiger partial charge in [-0.1, -0.05) is 0 Å². The molecule has 0 atom stereocenters. The van der Waals surface area contributed by atoms with E-state index < -0.39 is 11.8 Å². The number of carbonyl (C=O) groups is 2. The Morgan fingerprint density at radius 1 is 1.35 bits per heavy atom. The minimum Gasteiger partial charge on any atom is -0.478 e. The van der Waals surface area contributed by atoms with Crippen LogP contribution in [0.15, 0.2) is 12.3 Å². The highest BCUT2D eigenvalue weighted by Gasteiger charge is 2.19. The standard InChI is InChI=1S/C13H18FN3O3/c1-4-17(5-2)11(18)8-16(3)12-10(13(19)20)6-9(14)7-15-12/h6-7H,4-5,8H2,1-3H3,(H,19,20). The number of hydrogen-bond donors (Lipinski definition) is 1. The van der Waals surface area contributed by atoms with E-state index in [1.54, 1.807) is 11.9 Å². The number of aromatic carboxylic acids is 1. The number of halogens is 1. The van der Waals surface area contributed by atoms with Gasteiger partial charge < -0.3 is 14.9 Å². The van der Waals surface area contributed by atoms with Gasteiger partial charge in [0.2, 0.25) is 5.91 Å². The molecule has 0 spiro atoms. The van der Waals surface area contributed by atoms with E-state index in [4.69, 9.17) is 5.11 Å². The van der Waals surface area contributed by atoms with E-state index in [-0.39, 0.29) is 23.8 Å². The van der Waals surface area contributed by atoms with Crippen molar-refractivity contribution in [2.75, 3.05) is 31.6 Å². The third-order valence-electron chi connectivity index (χ3n) is 2.91. The summed E-state index contributed by atoms with van der Waals surface area (Å²) >= 11 is 0. The van der Waals surface area contributed by atoms with Crippen molar-refractivity contribution >= 4 is 17.7 Å². The normalized spacial score (nSPS) is 10.2. The topological polar surface area (TPSA) is 73.7 Å². The molecule has 1 heterocycles. The van der Waals surface area contributed by atoms with E-state index >= 15 is 0 Å². The molecule has 0 radical (unpaired) electrons. The van der Waals surface area contributed by atoms with Crippen molar-refractivity contribution in [1.82, 2.24) is 9.88 Å². The Kier molecular flexibility index (Phi) is 5.42. The third-order valence-corrected chi connectivity index (χ3v) is 2.91. The Morgan fingerprint density at radius 2 is 1.95 bits per heavy atom. The number of likely N-dealkylation sites (N-methyl/N-ethyl adjacent to an activating group) is 2. The summed E-state index contributed by atoms with van der Waals surface area (Å²) in [6.07, 6.45) is 0.931. The average molecular weight is 283 g/mol. The molecule has 1 rings (SSSR count). The number of carboxylic acids is 1. The van der Waals surface area contributed by atoms with Crippen LogP contribution in [0.2, 0.25) is 0 Å². The molecule has 1 aromatic rings. The molecule has 1 amide bonds. The van der Waals surface area contributed by atoms with E-state index in [2.05, 4.69) is 4.98 Å². The van der Waals surface area contributed by atoms with E-state index in [1.165, 1.54) is 4.90 Å². The summed E-state index contributed by atoms with van der Waals surface area (Å²) in [5.41, 5.74) is -0.264. The summed E-state index contributed by atoms with van der Waals surface area (Å²) in [5.74, 6) is -2.08. The molecular formula is C13H18FN3O3. The summed E-state index contributed by atoms with van der Waals surface area (Å²) < 4.78 is 13.1. The van der Waals surface area contributed by atoms with E-state index in [0.29, 0.717) is 13.1 Å². The van der Waals surface area contributed by atoms with Gasteiger partial charge in [0.05, 0.1) is 12.7 Å². The molecule has 0 aliphatic rings. The fourth-order valence-corrected chi connectivity index (χ4v) is 1.85. The first-order valence-corrected chi connectivity index (χ1v) is 6.28. The van der Waals surface area contributed by atoms with Crippen molar-refractivity contribution in [2.45, 2.75) is 13.8 Å². The zero-order valence-corrected chi connectivity index (χ0v) is 11.8. The number of carboxylic acid groups (broad SMARTS) is 1. The molecule has 7 heteroatoms. The number of rotatable bonds is 6. The molecule has 0 aliphatic carbocycles. The highest BCUT2D eigenvalue weighted by molar-refractivity contribution is 5.94. The molecule has 6 nitrogen and oxygen atoms in total. The van der Waals surface area contributed by atoms with Crippen LogP contribution in [0.1, 0.15) is 24.2 Å². The van der Waals surface area contributed by atoms with Crippen molar-refractivity contribution in [2.24, 2.45) is 0 Å². The van der Waals surface area contributed by atoms with Crippen molar-refractivity contribution in [3.63, 3.8) is 0 Å². The predicted molar refractivity (Wildman–Crippen MR) is 72.4 cm³/mol. The van der Waals surface area contributed by atoms with Gasteiger partial charge in [0.15, 0.2) is 0 Å². The number of pyridine rings is 1. The monoisotopic (exact) mass is 283 g/mol. The van der Waals surface area contributed by atoms with Crippen molar-refractivity contribution in [3.8, 4) is 0 Å². The lowest BCUT2D eigenvalue weighted by atomic mass is 10.2. The maximum atomic E-state index is 13.1. The van der Waals surface area contributed by atoms with Crippen LogP contribution in [0.3, 0.4) is 0 Å². The summed E-state index contributed by atoms with van der Waals surface area (Å²) in [4.78, 5) is 29.8. The average Bonchev–Trinajstić information content (AvgIpc) is 2.39. The van der Waals surface area contributed by atoms with Gasteiger partial charge in [-0.25, -0.2) is 14.2 Å². The summed E-state index contributed by atoms with van der Waals surface area (Å²) in [7, 11) is 1.55. The zero-order chi connectivity index (χ0) is 15.3. The second-order valence-corrected chi connectivity index (χ2v) is 4.25.